The Morgan fingerprint density at radius 3 is 1.79 bits per heavy atom. The van der Waals surface area contributed by atoms with Gasteiger partial charge < -0.3 is 18.0 Å². The van der Waals surface area contributed by atoms with Gasteiger partial charge in [-0.1, -0.05) is 158 Å². The minimum Gasteiger partial charge on any atom is -0.454 e. The Morgan fingerprint density at radius 2 is 1.03 bits per heavy atom. The largest absolute Gasteiger partial charge is 0.454 e. The van der Waals surface area contributed by atoms with Crippen LogP contribution in [-0.4, -0.2) is 9.13 Å². The molecule has 0 aliphatic rings. The van der Waals surface area contributed by atoms with Gasteiger partial charge in [-0.3, -0.25) is 0 Å². The number of nitriles is 1. The number of nitrogens with zero attached hydrogens (tertiary/aromatic N) is 4. The fourth-order valence-corrected chi connectivity index (χ4v) is 12.8. The Bertz CT molecular complexity index is 4730. The van der Waals surface area contributed by atoms with E-state index in [1.165, 1.54) is 10.1 Å². The molecule has 324 valence electrons. The third-order valence-corrected chi connectivity index (χ3v) is 15.7. The lowest BCUT2D eigenvalue weighted by Crippen LogP contribution is -2.09. The van der Waals surface area contributed by atoms with Gasteiger partial charge in [0.2, 0.25) is 5.69 Å². The molecule has 0 bridgehead atoms. The van der Waals surface area contributed by atoms with Crippen LogP contribution >= 0.6 is 11.3 Å². The zero-order chi connectivity index (χ0) is 46.4. The molecule has 0 atom stereocenters. The summed E-state index contributed by atoms with van der Waals surface area (Å²) in [4.78, 5) is 4.62. The summed E-state index contributed by atoms with van der Waals surface area (Å²) in [7, 11) is 0. The Hall–Kier alpha value is -9.40. The smallest absolute Gasteiger partial charge is 0.220 e. The molecule has 15 aromatic rings. The molecule has 0 amide bonds. The highest BCUT2D eigenvalue weighted by atomic mass is 32.1. The van der Waals surface area contributed by atoms with E-state index in [1.807, 2.05) is 66.7 Å². The van der Waals surface area contributed by atoms with Crippen LogP contribution in [0, 0.1) is 24.8 Å². The first-order valence-electron chi connectivity index (χ1n) is 23.3. The molecule has 0 fully saturated rings. The maximum absolute atomic E-state index is 12.1. The van der Waals surface area contributed by atoms with Gasteiger partial charge in [0.25, 0.3) is 0 Å². The first-order chi connectivity index (χ1) is 34.6. The lowest BCUT2D eigenvalue weighted by molar-refractivity contribution is 0.668. The van der Waals surface area contributed by atoms with E-state index in [0.717, 1.165) is 120 Å². The zero-order valence-electron chi connectivity index (χ0n) is 37.4. The average molecular weight is 911 g/mol. The molecule has 0 radical (unpaired) electrons. The molecule has 0 saturated heterocycles. The summed E-state index contributed by atoms with van der Waals surface area (Å²) in [5.41, 5.74) is 12.6. The quantitative estimate of drug-likeness (QED) is 0.165. The van der Waals surface area contributed by atoms with Gasteiger partial charge in [-0.05, 0) is 53.9 Å². The van der Waals surface area contributed by atoms with E-state index in [9.17, 15) is 11.8 Å². The minimum atomic E-state index is 0.362. The molecule has 10 aromatic carbocycles. The number of thiophene rings is 1. The number of hydrogen-bond acceptors (Lipinski definition) is 4. The molecule has 5 aromatic heterocycles. The molecular weight excluding hydrogens is 877 g/mol. The topological polar surface area (TPSA) is 64.3 Å². The molecule has 5 heterocycles. The molecular formula is C63H34N4O2S. The SMILES string of the molecule is [C-]#[N+]c1c(-c2ccccc2)c(C#N)c(-n2c3ccccc3c3ccc4c5cccc(C)c5oc4c32)c(-c2ccccc2)c1-n1c2c(ccc3c4ccccc4oc32)c2ccc3c4ccccc4sc3c21. The van der Waals surface area contributed by atoms with Crippen LogP contribution in [0.15, 0.2) is 197 Å². The van der Waals surface area contributed by atoms with Gasteiger partial charge >= 0.3 is 0 Å². The summed E-state index contributed by atoms with van der Waals surface area (Å²) in [5, 5.41) is 22.4. The number of para-hydroxylation sites is 3. The predicted octanol–water partition coefficient (Wildman–Crippen LogP) is 18.1. The molecule has 6 nitrogen and oxygen atoms in total. The van der Waals surface area contributed by atoms with Crippen molar-refractivity contribution in [2.75, 3.05) is 0 Å². The zero-order valence-corrected chi connectivity index (χ0v) is 38.2. The summed E-state index contributed by atoms with van der Waals surface area (Å²) in [6.45, 7) is 11.6. The molecule has 70 heavy (non-hydrogen) atoms. The van der Waals surface area contributed by atoms with Crippen molar-refractivity contribution in [3.8, 4) is 39.7 Å². The van der Waals surface area contributed by atoms with E-state index < -0.39 is 0 Å². The van der Waals surface area contributed by atoms with Crippen molar-refractivity contribution in [2.45, 2.75) is 6.92 Å². The van der Waals surface area contributed by atoms with Crippen molar-refractivity contribution >= 4 is 125 Å². The average Bonchev–Trinajstić information content (AvgIpc) is 4.23. The van der Waals surface area contributed by atoms with E-state index in [1.54, 1.807) is 11.3 Å². The summed E-state index contributed by atoms with van der Waals surface area (Å²) in [5.74, 6) is 0. The number of rotatable bonds is 4. The van der Waals surface area contributed by atoms with E-state index in [2.05, 4.69) is 148 Å². The van der Waals surface area contributed by atoms with Crippen LogP contribution in [0.25, 0.3) is 146 Å². The van der Waals surface area contributed by atoms with Gasteiger partial charge in [0, 0.05) is 69.7 Å². The molecule has 0 spiro atoms. The molecule has 0 aliphatic heterocycles. The van der Waals surface area contributed by atoms with Crippen LogP contribution in [0.1, 0.15) is 11.1 Å². The Kier molecular flexibility index (Phi) is 7.91. The highest BCUT2D eigenvalue weighted by Crippen LogP contribution is 2.55. The number of fused-ring (bicyclic) bond motifs is 18. The molecule has 7 heteroatoms. The number of benzene rings is 10. The van der Waals surface area contributed by atoms with Crippen molar-refractivity contribution in [1.82, 2.24) is 9.13 Å². The Balaban J connectivity index is 1.27. The lowest BCUT2D eigenvalue weighted by atomic mass is 9.88. The molecule has 15 rings (SSSR count). The summed E-state index contributed by atoms with van der Waals surface area (Å²) in [6, 6.07) is 67.7. The van der Waals surface area contributed by atoms with Gasteiger partial charge in [-0.15, -0.1) is 11.3 Å². The van der Waals surface area contributed by atoms with Crippen molar-refractivity contribution in [3.05, 3.63) is 211 Å². The second kappa shape index (κ2) is 14.3. The second-order valence-electron chi connectivity index (χ2n) is 18.1. The van der Waals surface area contributed by atoms with Gasteiger partial charge in [0.1, 0.15) is 17.2 Å². The normalized spacial score (nSPS) is 12.0. The Labute approximate surface area is 403 Å². The molecule has 0 saturated carbocycles. The van der Waals surface area contributed by atoms with E-state index >= 15 is 0 Å². The van der Waals surface area contributed by atoms with Crippen LogP contribution in [0.2, 0.25) is 0 Å². The first-order valence-corrected chi connectivity index (χ1v) is 24.1. The fourth-order valence-electron chi connectivity index (χ4n) is 11.6. The third-order valence-electron chi connectivity index (χ3n) is 14.5. The van der Waals surface area contributed by atoms with Crippen LogP contribution in [0.3, 0.4) is 0 Å². The summed E-state index contributed by atoms with van der Waals surface area (Å²) in [6.07, 6.45) is 0. The maximum Gasteiger partial charge on any atom is 0.220 e. The van der Waals surface area contributed by atoms with Gasteiger partial charge in [0.15, 0.2) is 11.2 Å². The maximum atomic E-state index is 12.1. The van der Waals surface area contributed by atoms with Crippen LogP contribution in [0.4, 0.5) is 5.69 Å². The van der Waals surface area contributed by atoms with Gasteiger partial charge in [-0.25, -0.2) is 4.85 Å². The lowest BCUT2D eigenvalue weighted by Gasteiger charge is -2.25. The standard InChI is InChI=1S/C63H34N4O2S/c1-35-16-15-24-44-46-32-28-41-38-21-9-12-25-49(38)66(56(41)62(46)69-60(35)44)55-48(34-64)52(36-17-5-3-6-18-36)54(65-2)59(53(55)37-19-7-4-8-20-37)67-57-42(29-31-45-39-22-10-13-26-50(39)68-61(45)57)43-30-33-47-40-23-11-14-27-51(40)70-63(47)58(43)67/h3-33H,1H3. The number of aromatic nitrogens is 2. The highest BCUT2D eigenvalue weighted by molar-refractivity contribution is 7.26. The van der Waals surface area contributed by atoms with E-state index in [4.69, 9.17) is 8.83 Å². The summed E-state index contributed by atoms with van der Waals surface area (Å²) < 4.78 is 21.0. The molecule has 0 N–H and O–H groups in total. The third kappa shape index (κ3) is 5.03. The first kappa shape index (κ1) is 38.7. The predicted molar refractivity (Wildman–Crippen MR) is 289 cm³/mol. The minimum absolute atomic E-state index is 0.362. The van der Waals surface area contributed by atoms with Crippen LogP contribution in [0.5, 0.6) is 0 Å². The van der Waals surface area contributed by atoms with E-state index in [-0.39, 0.29) is 0 Å². The van der Waals surface area contributed by atoms with Crippen LogP contribution in [-0.2, 0) is 0 Å². The van der Waals surface area contributed by atoms with E-state index in [0.29, 0.717) is 28.2 Å². The van der Waals surface area contributed by atoms with Crippen molar-refractivity contribution < 1.29 is 8.83 Å². The van der Waals surface area contributed by atoms with Crippen molar-refractivity contribution in [2.24, 2.45) is 0 Å². The monoisotopic (exact) mass is 910 g/mol. The Morgan fingerprint density at radius 1 is 0.471 bits per heavy atom. The molecule has 0 unspecified atom stereocenters. The number of hydrogen-bond donors (Lipinski definition) is 0. The van der Waals surface area contributed by atoms with Gasteiger partial charge in [-0.2, -0.15) is 5.26 Å². The molecule has 0 aliphatic carbocycles. The summed E-state index contributed by atoms with van der Waals surface area (Å²) >= 11 is 1.76. The number of furan rings is 2. The van der Waals surface area contributed by atoms with Crippen molar-refractivity contribution in [1.29, 1.82) is 5.26 Å². The number of aryl methyl sites for hydroxylation is 1. The van der Waals surface area contributed by atoms with Gasteiger partial charge in [0.05, 0.1) is 50.3 Å². The van der Waals surface area contributed by atoms with Crippen molar-refractivity contribution in [3.63, 3.8) is 0 Å². The fraction of sp³-hybridized carbons (Fsp3) is 0.0159. The van der Waals surface area contributed by atoms with Crippen LogP contribution < -0.4 is 0 Å². The highest BCUT2D eigenvalue weighted by Gasteiger charge is 2.34. The second-order valence-corrected chi connectivity index (χ2v) is 19.1.